The molecular formula is C14H18N2O4. The summed E-state index contributed by atoms with van der Waals surface area (Å²) in [6, 6.07) is 5.30. The molecule has 0 aliphatic carbocycles. The minimum Gasteiger partial charge on any atom is -0.461 e. The Morgan fingerprint density at radius 1 is 1.35 bits per heavy atom. The number of amides is 1. The Bertz CT molecular complexity index is 529. The van der Waals surface area contributed by atoms with E-state index in [9.17, 15) is 4.79 Å². The maximum atomic E-state index is 11.7. The fourth-order valence-corrected chi connectivity index (χ4v) is 1.83. The van der Waals surface area contributed by atoms with Crippen LogP contribution in [0.25, 0.3) is 11.5 Å². The zero-order valence-electron chi connectivity index (χ0n) is 11.7. The van der Waals surface area contributed by atoms with Gasteiger partial charge in [-0.1, -0.05) is 5.16 Å². The smallest absolute Gasteiger partial charge is 0.248 e. The fourth-order valence-electron chi connectivity index (χ4n) is 1.83. The molecule has 20 heavy (non-hydrogen) atoms. The molecule has 0 aliphatic heterocycles. The second-order valence-corrected chi connectivity index (χ2v) is 4.22. The zero-order chi connectivity index (χ0) is 14.4. The number of hydrogen-bond acceptors (Lipinski definition) is 5. The lowest BCUT2D eigenvalue weighted by molar-refractivity contribution is -0.136. The highest BCUT2D eigenvalue weighted by atomic mass is 16.5. The number of aromatic nitrogens is 1. The van der Waals surface area contributed by atoms with Crippen molar-refractivity contribution in [3.05, 3.63) is 30.2 Å². The number of carbonyl (C=O) groups is 1. The first kappa shape index (κ1) is 14.3. The van der Waals surface area contributed by atoms with Crippen molar-refractivity contribution in [3.63, 3.8) is 0 Å². The summed E-state index contributed by atoms with van der Waals surface area (Å²) in [5.41, 5.74) is 0.628. The molecule has 2 aromatic rings. The summed E-state index contributed by atoms with van der Waals surface area (Å²) in [6.45, 7) is 5.53. The Balaban J connectivity index is 1.82. The Kier molecular flexibility index (Phi) is 4.95. The van der Waals surface area contributed by atoms with Crippen molar-refractivity contribution in [3.8, 4) is 11.5 Å². The molecular weight excluding hydrogens is 260 g/mol. The molecule has 0 fully saturated rings. The fraction of sp³-hybridized carbons (Fsp3) is 0.429. The molecule has 0 saturated heterocycles. The molecule has 6 heteroatoms. The van der Waals surface area contributed by atoms with E-state index in [-0.39, 0.29) is 19.1 Å². The minimum atomic E-state index is -0.0234. The molecule has 2 heterocycles. The first-order valence-corrected chi connectivity index (χ1v) is 6.59. The van der Waals surface area contributed by atoms with Crippen molar-refractivity contribution < 1.29 is 18.5 Å². The molecule has 0 spiro atoms. The quantitative estimate of drug-likeness (QED) is 0.777. The van der Waals surface area contributed by atoms with E-state index in [0.717, 1.165) is 0 Å². The van der Waals surface area contributed by atoms with Crippen LogP contribution >= 0.6 is 0 Å². The molecule has 0 bridgehead atoms. The first-order valence-electron chi connectivity index (χ1n) is 6.59. The summed E-state index contributed by atoms with van der Waals surface area (Å²) in [4.78, 5) is 13.4. The molecule has 2 aromatic heterocycles. The van der Waals surface area contributed by atoms with E-state index in [2.05, 4.69) is 5.16 Å². The molecule has 0 saturated carbocycles. The van der Waals surface area contributed by atoms with E-state index in [0.29, 0.717) is 30.3 Å². The van der Waals surface area contributed by atoms with Crippen LogP contribution in [-0.4, -0.2) is 35.7 Å². The molecule has 0 radical (unpaired) electrons. The van der Waals surface area contributed by atoms with Crippen molar-refractivity contribution >= 4 is 5.91 Å². The van der Waals surface area contributed by atoms with Gasteiger partial charge in [-0.2, -0.15) is 0 Å². The Labute approximate surface area is 117 Å². The Hall–Kier alpha value is -2.08. The molecule has 108 valence electrons. The third kappa shape index (κ3) is 3.48. The molecule has 6 nitrogen and oxygen atoms in total. The summed E-state index contributed by atoms with van der Waals surface area (Å²) in [5.74, 6) is 1.14. The van der Waals surface area contributed by atoms with Crippen LogP contribution in [0.2, 0.25) is 0 Å². The SMILES string of the molecule is CCN(CC)C(=O)COCc1cc(-c2ccco2)on1. The highest BCUT2D eigenvalue weighted by Gasteiger charge is 2.12. The van der Waals surface area contributed by atoms with Crippen LogP contribution in [0.3, 0.4) is 0 Å². The number of nitrogens with zero attached hydrogens (tertiary/aromatic N) is 2. The number of rotatable bonds is 7. The van der Waals surface area contributed by atoms with E-state index >= 15 is 0 Å². The molecule has 0 N–H and O–H groups in total. The zero-order valence-corrected chi connectivity index (χ0v) is 11.7. The maximum Gasteiger partial charge on any atom is 0.248 e. The second-order valence-electron chi connectivity index (χ2n) is 4.22. The Morgan fingerprint density at radius 3 is 2.80 bits per heavy atom. The van der Waals surface area contributed by atoms with Gasteiger partial charge < -0.3 is 18.6 Å². The van der Waals surface area contributed by atoms with Crippen molar-refractivity contribution in [2.24, 2.45) is 0 Å². The minimum absolute atomic E-state index is 0.0234. The van der Waals surface area contributed by atoms with Crippen LogP contribution in [0.5, 0.6) is 0 Å². The molecule has 0 unspecified atom stereocenters. The third-order valence-electron chi connectivity index (χ3n) is 2.91. The molecule has 0 aromatic carbocycles. The average Bonchev–Trinajstić information content (AvgIpc) is 3.10. The van der Waals surface area contributed by atoms with Crippen LogP contribution in [0, 0.1) is 0 Å². The summed E-state index contributed by atoms with van der Waals surface area (Å²) in [6.07, 6.45) is 1.57. The van der Waals surface area contributed by atoms with Crippen molar-refractivity contribution in [1.82, 2.24) is 10.1 Å². The Morgan fingerprint density at radius 2 is 2.15 bits per heavy atom. The summed E-state index contributed by atoms with van der Waals surface area (Å²) >= 11 is 0. The number of ether oxygens (including phenoxy) is 1. The van der Waals surface area contributed by atoms with E-state index in [1.807, 2.05) is 13.8 Å². The van der Waals surface area contributed by atoms with Gasteiger partial charge in [0.15, 0.2) is 5.76 Å². The topological polar surface area (TPSA) is 68.7 Å². The van der Waals surface area contributed by atoms with Crippen molar-refractivity contribution in [2.45, 2.75) is 20.5 Å². The van der Waals surface area contributed by atoms with Gasteiger partial charge in [0.25, 0.3) is 0 Å². The summed E-state index contributed by atoms with van der Waals surface area (Å²) in [7, 11) is 0. The summed E-state index contributed by atoms with van der Waals surface area (Å²) in [5, 5.41) is 3.87. The second kappa shape index (κ2) is 6.91. The van der Waals surface area contributed by atoms with Gasteiger partial charge in [0.2, 0.25) is 11.7 Å². The lowest BCUT2D eigenvalue weighted by atomic mass is 10.3. The number of hydrogen-bond donors (Lipinski definition) is 0. The van der Waals surface area contributed by atoms with Crippen LogP contribution in [0.1, 0.15) is 19.5 Å². The molecule has 0 aliphatic rings. The molecule has 0 atom stereocenters. The van der Waals surface area contributed by atoms with Gasteiger partial charge in [-0.25, -0.2) is 0 Å². The van der Waals surface area contributed by atoms with Crippen molar-refractivity contribution in [1.29, 1.82) is 0 Å². The predicted molar refractivity (Wildman–Crippen MR) is 71.8 cm³/mol. The predicted octanol–water partition coefficient (Wildman–Crippen LogP) is 2.32. The maximum absolute atomic E-state index is 11.7. The van der Waals surface area contributed by atoms with Gasteiger partial charge in [-0.15, -0.1) is 0 Å². The van der Waals surface area contributed by atoms with E-state index in [1.54, 1.807) is 29.4 Å². The van der Waals surface area contributed by atoms with E-state index in [4.69, 9.17) is 13.7 Å². The van der Waals surface area contributed by atoms with E-state index < -0.39 is 0 Å². The lowest BCUT2D eigenvalue weighted by Gasteiger charge is -2.18. The van der Waals surface area contributed by atoms with Gasteiger partial charge in [-0.3, -0.25) is 4.79 Å². The van der Waals surface area contributed by atoms with Crippen LogP contribution in [-0.2, 0) is 16.1 Å². The van der Waals surface area contributed by atoms with Gasteiger partial charge in [-0.05, 0) is 26.0 Å². The van der Waals surface area contributed by atoms with Crippen LogP contribution < -0.4 is 0 Å². The normalized spacial score (nSPS) is 10.7. The standard InChI is InChI=1S/C14H18N2O4/c1-3-16(4-2)14(17)10-18-9-11-8-13(20-15-11)12-6-5-7-19-12/h5-8H,3-4,9-10H2,1-2H3. The van der Waals surface area contributed by atoms with Gasteiger partial charge in [0, 0.05) is 19.2 Å². The van der Waals surface area contributed by atoms with E-state index in [1.165, 1.54) is 0 Å². The van der Waals surface area contributed by atoms with Gasteiger partial charge in [0.05, 0.1) is 12.9 Å². The molecule has 1 amide bonds. The van der Waals surface area contributed by atoms with Crippen LogP contribution in [0.4, 0.5) is 0 Å². The van der Waals surface area contributed by atoms with Crippen LogP contribution in [0.15, 0.2) is 33.4 Å². The van der Waals surface area contributed by atoms with Gasteiger partial charge in [0.1, 0.15) is 12.3 Å². The highest BCUT2D eigenvalue weighted by molar-refractivity contribution is 5.77. The molecule has 2 rings (SSSR count). The number of carbonyl (C=O) groups excluding carboxylic acids is 1. The first-order chi connectivity index (χ1) is 9.74. The highest BCUT2D eigenvalue weighted by Crippen LogP contribution is 2.20. The monoisotopic (exact) mass is 278 g/mol. The van der Waals surface area contributed by atoms with Gasteiger partial charge >= 0.3 is 0 Å². The lowest BCUT2D eigenvalue weighted by Crippen LogP contribution is -2.33. The number of likely N-dealkylation sites (N-methyl/N-ethyl adjacent to an activating group) is 1. The average molecular weight is 278 g/mol. The van der Waals surface area contributed by atoms with Crippen molar-refractivity contribution in [2.75, 3.05) is 19.7 Å². The largest absolute Gasteiger partial charge is 0.461 e. The third-order valence-corrected chi connectivity index (χ3v) is 2.91. The summed E-state index contributed by atoms with van der Waals surface area (Å²) < 4.78 is 15.7. The number of furan rings is 1.